The van der Waals surface area contributed by atoms with E-state index in [2.05, 4.69) is 0 Å². The Hall–Kier alpha value is -0.830. The first kappa shape index (κ1) is 10.2. The number of halogens is 1. The van der Waals surface area contributed by atoms with Crippen molar-refractivity contribution in [2.45, 2.75) is 6.42 Å². The average molecular weight is 217 g/mol. The summed E-state index contributed by atoms with van der Waals surface area (Å²) in [5.41, 5.74) is 0.366. The predicted octanol–water partition coefficient (Wildman–Crippen LogP) is 2.09. The highest BCUT2D eigenvalue weighted by Gasteiger charge is 2.01. The van der Waals surface area contributed by atoms with Crippen LogP contribution in [0.15, 0.2) is 36.0 Å². The summed E-state index contributed by atoms with van der Waals surface area (Å²) in [6, 6.07) is 0. The molecule has 11 heavy (non-hydrogen) atoms. The number of carboxylic acids is 1. The smallest absolute Gasteiger partial charge is 0.335 e. The molecule has 0 amide bonds. The van der Waals surface area contributed by atoms with Gasteiger partial charge in [-0.3, -0.25) is 0 Å². The normalized spacial score (nSPS) is 14.7. The van der Waals surface area contributed by atoms with Crippen LogP contribution in [0.2, 0.25) is 0 Å². The van der Waals surface area contributed by atoms with Gasteiger partial charge in [0.15, 0.2) is 0 Å². The van der Waals surface area contributed by atoms with Gasteiger partial charge >= 0.3 is 5.97 Å². The van der Waals surface area contributed by atoms with Crippen molar-refractivity contribution >= 4 is 23.0 Å². The molecule has 0 fully saturated rings. The van der Waals surface area contributed by atoms with Gasteiger partial charge in [-0.15, -0.1) is 17.0 Å². The molecule has 0 radical (unpaired) electrons. The minimum atomic E-state index is -0.861. The molecule has 0 atom stereocenters. The van der Waals surface area contributed by atoms with Crippen molar-refractivity contribution in [2.75, 3.05) is 0 Å². The van der Waals surface area contributed by atoms with Gasteiger partial charge in [0.2, 0.25) is 0 Å². The predicted molar refractivity (Wildman–Crippen MR) is 48.9 cm³/mol. The van der Waals surface area contributed by atoms with E-state index in [1.807, 2.05) is 12.2 Å². The molecule has 0 saturated heterocycles. The van der Waals surface area contributed by atoms with Crippen LogP contribution in [0.3, 0.4) is 0 Å². The van der Waals surface area contributed by atoms with Gasteiger partial charge in [0.1, 0.15) is 0 Å². The summed E-state index contributed by atoms with van der Waals surface area (Å²) >= 11 is 0. The molecule has 1 aliphatic rings. The molecule has 0 aliphatic heterocycles. The molecule has 60 valence electrons. The van der Waals surface area contributed by atoms with Crippen LogP contribution in [0.1, 0.15) is 6.42 Å². The standard InChI is InChI=1S/C8H8O2.BrH/c9-8(10)7-5-3-1-2-4-6-7;/h1-3,5-6H,4H2,(H,9,10);1H. The molecule has 0 bridgehead atoms. The van der Waals surface area contributed by atoms with Crippen LogP contribution in [0, 0.1) is 0 Å². The molecule has 1 N–H and O–H groups in total. The Morgan fingerprint density at radius 2 is 2.18 bits per heavy atom. The first-order chi connectivity index (χ1) is 4.80. The Morgan fingerprint density at radius 1 is 1.45 bits per heavy atom. The Morgan fingerprint density at radius 3 is 2.82 bits per heavy atom. The maximum atomic E-state index is 10.4. The van der Waals surface area contributed by atoms with Gasteiger partial charge in [-0.2, -0.15) is 0 Å². The second kappa shape index (κ2) is 4.91. The molecule has 2 nitrogen and oxygen atoms in total. The fraction of sp³-hybridized carbons (Fsp3) is 0.125. The highest BCUT2D eigenvalue weighted by Crippen LogP contribution is 2.04. The minimum Gasteiger partial charge on any atom is -0.478 e. The summed E-state index contributed by atoms with van der Waals surface area (Å²) < 4.78 is 0. The lowest BCUT2D eigenvalue weighted by Gasteiger charge is -1.89. The summed E-state index contributed by atoms with van der Waals surface area (Å²) in [5.74, 6) is -0.861. The van der Waals surface area contributed by atoms with Crippen LogP contribution >= 0.6 is 17.0 Å². The lowest BCUT2D eigenvalue weighted by molar-refractivity contribution is -0.132. The third-order valence-corrected chi connectivity index (χ3v) is 1.24. The zero-order valence-corrected chi connectivity index (χ0v) is 7.57. The zero-order valence-electron chi connectivity index (χ0n) is 5.86. The van der Waals surface area contributed by atoms with Crippen molar-refractivity contribution in [3.8, 4) is 0 Å². The monoisotopic (exact) mass is 216 g/mol. The van der Waals surface area contributed by atoms with Gasteiger partial charge in [0.25, 0.3) is 0 Å². The SMILES string of the molecule is Br.O=C(O)C1=CCC=CC=C1. The molecule has 1 aliphatic carbocycles. The van der Waals surface area contributed by atoms with Gasteiger partial charge in [0.05, 0.1) is 5.57 Å². The average Bonchev–Trinajstić information content (AvgIpc) is 2.12. The van der Waals surface area contributed by atoms with E-state index in [1.54, 1.807) is 18.2 Å². The van der Waals surface area contributed by atoms with Crippen molar-refractivity contribution in [2.24, 2.45) is 0 Å². The van der Waals surface area contributed by atoms with Crippen molar-refractivity contribution in [3.05, 3.63) is 36.0 Å². The van der Waals surface area contributed by atoms with Gasteiger partial charge in [-0.05, 0) is 12.5 Å². The summed E-state index contributed by atoms with van der Waals surface area (Å²) in [5, 5.41) is 8.52. The van der Waals surface area contributed by atoms with E-state index in [0.717, 1.165) is 0 Å². The van der Waals surface area contributed by atoms with Crippen molar-refractivity contribution in [3.63, 3.8) is 0 Å². The van der Waals surface area contributed by atoms with Gasteiger partial charge < -0.3 is 5.11 Å². The van der Waals surface area contributed by atoms with E-state index in [4.69, 9.17) is 5.11 Å². The number of hydrogen-bond acceptors (Lipinski definition) is 1. The van der Waals surface area contributed by atoms with Crippen LogP contribution in [0.4, 0.5) is 0 Å². The first-order valence-corrected chi connectivity index (χ1v) is 3.07. The molecular formula is C8H9BrO2. The summed E-state index contributed by atoms with van der Waals surface area (Å²) in [4.78, 5) is 10.4. The van der Waals surface area contributed by atoms with Gasteiger partial charge in [-0.25, -0.2) is 4.79 Å². The fourth-order valence-corrected chi connectivity index (χ4v) is 0.738. The second-order valence-corrected chi connectivity index (χ2v) is 1.99. The second-order valence-electron chi connectivity index (χ2n) is 1.99. The third-order valence-electron chi connectivity index (χ3n) is 1.24. The molecule has 0 heterocycles. The maximum Gasteiger partial charge on any atom is 0.335 e. The number of rotatable bonds is 1. The summed E-state index contributed by atoms with van der Waals surface area (Å²) in [7, 11) is 0. The summed E-state index contributed by atoms with van der Waals surface area (Å²) in [6.07, 6.45) is 9.45. The van der Waals surface area contributed by atoms with Gasteiger partial charge in [-0.1, -0.05) is 24.3 Å². The Kier molecular flexibility index (Phi) is 4.54. The Bertz CT molecular complexity index is 226. The highest BCUT2D eigenvalue weighted by atomic mass is 79.9. The number of aliphatic carboxylic acids is 1. The van der Waals surface area contributed by atoms with E-state index < -0.39 is 5.97 Å². The minimum absolute atomic E-state index is 0. The van der Waals surface area contributed by atoms with Crippen LogP contribution in [-0.2, 0) is 4.79 Å². The van der Waals surface area contributed by atoms with Crippen LogP contribution in [0.25, 0.3) is 0 Å². The van der Waals surface area contributed by atoms with E-state index in [0.29, 0.717) is 12.0 Å². The molecule has 0 spiro atoms. The Labute approximate surface area is 75.7 Å². The maximum absolute atomic E-state index is 10.4. The van der Waals surface area contributed by atoms with Crippen LogP contribution < -0.4 is 0 Å². The van der Waals surface area contributed by atoms with Crippen molar-refractivity contribution < 1.29 is 9.90 Å². The van der Waals surface area contributed by atoms with E-state index in [-0.39, 0.29) is 17.0 Å². The number of carbonyl (C=O) groups is 1. The molecule has 0 aromatic heterocycles. The van der Waals surface area contributed by atoms with Crippen LogP contribution in [-0.4, -0.2) is 11.1 Å². The summed E-state index contributed by atoms with van der Waals surface area (Å²) in [6.45, 7) is 0. The van der Waals surface area contributed by atoms with E-state index in [9.17, 15) is 4.79 Å². The highest BCUT2D eigenvalue weighted by molar-refractivity contribution is 8.93. The Balaban J connectivity index is 0.000001000. The lowest BCUT2D eigenvalue weighted by atomic mass is 10.2. The number of carboxylic acid groups (broad SMARTS) is 1. The molecule has 0 unspecified atom stereocenters. The van der Waals surface area contributed by atoms with Gasteiger partial charge in [0, 0.05) is 0 Å². The molecule has 0 aromatic rings. The molecule has 1 rings (SSSR count). The van der Waals surface area contributed by atoms with Crippen molar-refractivity contribution in [1.29, 1.82) is 0 Å². The number of hydrogen-bond donors (Lipinski definition) is 1. The molecular weight excluding hydrogens is 208 g/mol. The first-order valence-electron chi connectivity index (χ1n) is 3.07. The van der Waals surface area contributed by atoms with E-state index in [1.165, 1.54) is 0 Å². The lowest BCUT2D eigenvalue weighted by Crippen LogP contribution is -1.96. The van der Waals surface area contributed by atoms with E-state index >= 15 is 0 Å². The quantitative estimate of drug-likeness (QED) is 0.730. The van der Waals surface area contributed by atoms with Crippen LogP contribution in [0.5, 0.6) is 0 Å². The fourth-order valence-electron chi connectivity index (χ4n) is 0.738. The number of allylic oxidation sites excluding steroid dienone is 4. The van der Waals surface area contributed by atoms with Crippen molar-refractivity contribution in [1.82, 2.24) is 0 Å². The topological polar surface area (TPSA) is 37.3 Å². The zero-order chi connectivity index (χ0) is 7.40. The molecule has 0 aromatic carbocycles. The third kappa shape index (κ3) is 3.18. The molecule has 3 heteroatoms. The molecule has 0 saturated carbocycles. The largest absolute Gasteiger partial charge is 0.478 e.